The van der Waals surface area contributed by atoms with Crippen LogP contribution in [0.15, 0.2) is 36.4 Å². The summed E-state index contributed by atoms with van der Waals surface area (Å²) in [5.41, 5.74) is 1.39. The van der Waals surface area contributed by atoms with Crippen molar-refractivity contribution in [2.45, 2.75) is 13.3 Å². The number of benzene rings is 2. The Labute approximate surface area is 127 Å². The molecule has 0 unspecified atom stereocenters. The number of halogens is 1. The first-order valence-electron chi connectivity index (χ1n) is 7.10. The fourth-order valence-electron chi connectivity index (χ4n) is 2.18. The molecule has 0 aliphatic carbocycles. The molecule has 0 atom stereocenters. The maximum absolute atomic E-state index is 13.5. The van der Waals surface area contributed by atoms with Crippen LogP contribution in [0.3, 0.4) is 0 Å². The molecule has 0 spiro atoms. The summed E-state index contributed by atoms with van der Waals surface area (Å²) in [6, 6.07) is 9.60. The molecule has 0 aromatic heterocycles. The van der Waals surface area contributed by atoms with E-state index in [1.54, 1.807) is 37.3 Å². The quantitative estimate of drug-likeness (QED) is 0.923. The van der Waals surface area contributed by atoms with Gasteiger partial charge in [0.05, 0.1) is 13.2 Å². The van der Waals surface area contributed by atoms with Crippen molar-refractivity contribution in [1.82, 2.24) is 0 Å². The van der Waals surface area contributed by atoms with Crippen LogP contribution in [-0.4, -0.2) is 19.1 Å². The van der Waals surface area contributed by atoms with Crippen molar-refractivity contribution in [3.8, 4) is 11.5 Å². The highest BCUT2D eigenvalue weighted by Crippen LogP contribution is 2.30. The van der Waals surface area contributed by atoms with Crippen molar-refractivity contribution in [1.29, 1.82) is 0 Å². The van der Waals surface area contributed by atoms with Crippen molar-refractivity contribution >= 4 is 11.6 Å². The number of aryl methyl sites for hydroxylation is 1. The number of carbonyl (C=O) groups is 1. The summed E-state index contributed by atoms with van der Waals surface area (Å²) in [4.78, 5) is 12.3. The van der Waals surface area contributed by atoms with Gasteiger partial charge in [-0.15, -0.1) is 0 Å². The van der Waals surface area contributed by atoms with E-state index in [4.69, 9.17) is 9.47 Å². The Kier molecular flexibility index (Phi) is 3.96. The molecule has 4 nitrogen and oxygen atoms in total. The Bertz CT molecular complexity index is 715. The second kappa shape index (κ2) is 6.05. The van der Waals surface area contributed by atoms with Crippen LogP contribution in [0, 0.1) is 12.7 Å². The minimum absolute atomic E-state index is 0.320. The Morgan fingerprint density at radius 3 is 2.64 bits per heavy atom. The summed E-state index contributed by atoms with van der Waals surface area (Å²) in [5.74, 6) is 0.519. The first-order chi connectivity index (χ1) is 10.6. The average Bonchev–Trinajstić information content (AvgIpc) is 2.75. The van der Waals surface area contributed by atoms with Crippen LogP contribution in [0.5, 0.6) is 11.5 Å². The number of amides is 1. The van der Waals surface area contributed by atoms with E-state index >= 15 is 0 Å². The number of nitrogens with one attached hydrogen (secondary N) is 1. The van der Waals surface area contributed by atoms with Crippen molar-refractivity contribution in [3.05, 3.63) is 53.3 Å². The lowest BCUT2D eigenvalue weighted by Gasteiger charge is -2.10. The highest BCUT2D eigenvalue weighted by atomic mass is 19.1. The Balaban J connectivity index is 1.80. The van der Waals surface area contributed by atoms with Crippen LogP contribution >= 0.6 is 0 Å². The van der Waals surface area contributed by atoms with Crippen molar-refractivity contribution in [2.75, 3.05) is 18.5 Å². The third-order valence-electron chi connectivity index (χ3n) is 3.44. The van der Waals surface area contributed by atoms with E-state index in [1.807, 2.05) is 0 Å². The summed E-state index contributed by atoms with van der Waals surface area (Å²) in [7, 11) is 0. The molecular weight excluding hydrogens is 285 g/mol. The standard InChI is InChI=1S/C17H16FNO3/c1-11-3-5-13(10-14(11)18)19-17(20)12-4-6-15-16(9-12)22-8-2-7-21-15/h3-6,9-10H,2,7-8H2,1H3,(H,19,20). The van der Waals surface area contributed by atoms with Crippen LogP contribution in [0.1, 0.15) is 22.3 Å². The molecule has 0 radical (unpaired) electrons. The topological polar surface area (TPSA) is 47.6 Å². The first kappa shape index (κ1) is 14.4. The highest BCUT2D eigenvalue weighted by molar-refractivity contribution is 6.04. The second-order valence-electron chi connectivity index (χ2n) is 5.13. The van der Waals surface area contributed by atoms with Gasteiger partial charge in [-0.25, -0.2) is 4.39 Å². The summed E-state index contributed by atoms with van der Waals surface area (Å²) in [6.07, 6.45) is 0.804. The molecule has 3 rings (SSSR count). The molecule has 0 bridgehead atoms. The minimum Gasteiger partial charge on any atom is -0.490 e. The SMILES string of the molecule is Cc1ccc(NC(=O)c2ccc3c(c2)OCCCO3)cc1F. The fraction of sp³-hybridized carbons (Fsp3) is 0.235. The molecule has 2 aromatic rings. The number of ether oxygens (including phenoxy) is 2. The van der Waals surface area contributed by atoms with Gasteiger partial charge in [0.25, 0.3) is 5.91 Å². The molecule has 2 aromatic carbocycles. The minimum atomic E-state index is -0.350. The number of rotatable bonds is 2. The van der Waals surface area contributed by atoms with Crippen LogP contribution in [-0.2, 0) is 0 Å². The normalized spacial score (nSPS) is 13.4. The van der Waals surface area contributed by atoms with Gasteiger partial charge in [0.1, 0.15) is 5.82 Å². The number of anilines is 1. The van der Waals surface area contributed by atoms with E-state index < -0.39 is 0 Å². The lowest BCUT2D eigenvalue weighted by Crippen LogP contribution is -2.12. The second-order valence-corrected chi connectivity index (χ2v) is 5.13. The molecule has 1 aliphatic rings. The molecule has 5 heteroatoms. The molecule has 0 fully saturated rings. The molecule has 1 N–H and O–H groups in total. The summed E-state index contributed by atoms with van der Waals surface area (Å²) in [5, 5.41) is 2.67. The van der Waals surface area contributed by atoms with E-state index in [-0.39, 0.29) is 11.7 Å². The van der Waals surface area contributed by atoms with Crippen molar-refractivity contribution < 1.29 is 18.7 Å². The van der Waals surface area contributed by atoms with Gasteiger partial charge in [-0.2, -0.15) is 0 Å². The Hall–Kier alpha value is -2.56. The Morgan fingerprint density at radius 2 is 1.86 bits per heavy atom. The Morgan fingerprint density at radius 1 is 1.09 bits per heavy atom. The summed E-state index contributed by atoms with van der Waals surface area (Å²) in [6.45, 7) is 2.83. The van der Waals surface area contributed by atoms with Gasteiger partial charge < -0.3 is 14.8 Å². The van der Waals surface area contributed by atoms with Crippen LogP contribution in [0.2, 0.25) is 0 Å². The summed E-state index contributed by atoms with van der Waals surface area (Å²) < 4.78 is 24.6. The molecule has 1 amide bonds. The maximum Gasteiger partial charge on any atom is 0.255 e. The van der Waals surface area contributed by atoms with E-state index in [0.29, 0.717) is 41.5 Å². The summed E-state index contributed by atoms with van der Waals surface area (Å²) >= 11 is 0. The largest absolute Gasteiger partial charge is 0.490 e. The highest BCUT2D eigenvalue weighted by Gasteiger charge is 2.14. The van der Waals surface area contributed by atoms with Gasteiger partial charge in [0.15, 0.2) is 11.5 Å². The van der Waals surface area contributed by atoms with Crippen LogP contribution in [0.4, 0.5) is 10.1 Å². The molecule has 0 saturated heterocycles. The van der Waals surface area contributed by atoms with Gasteiger partial charge in [0.2, 0.25) is 0 Å². The average molecular weight is 301 g/mol. The van der Waals surface area contributed by atoms with Gasteiger partial charge in [-0.1, -0.05) is 6.07 Å². The van der Waals surface area contributed by atoms with Crippen molar-refractivity contribution in [2.24, 2.45) is 0 Å². The maximum atomic E-state index is 13.5. The van der Waals surface area contributed by atoms with Gasteiger partial charge in [-0.3, -0.25) is 4.79 Å². The van der Waals surface area contributed by atoms with Gasteiger partial charge in [-0.05, 0) is 42.8 Å². The smallest absolute Gasteiger partial charge is 0.255 e. The third kappa shape index (κ3) is 3.03. The predicted molar refractivity (Wildman–Crippen MR) is 81.1 cm³/mol. The van der Waals surface area contributed by atoms with E-state index in [9.17, 15) is 9.18 Å². The van der Waals surface area contributed by atoms with Crippen LogP contribution in [0.25, 0.3) is 0 Å². The molecular formula is C17H16FNO3. The zero-order valence-corrected chi connectivity index (χ0v) is 12.2. The zero-order valence-electron chi connectivity index (χ0n) is 12.2. The molecule has 114 valence electrons. The van der Waals surface area contributed by atoms with Gasteiger partial charge in [0, 0.05) is 17.7 Å². The van der Waals surface area contributed by atoms with Crippen LogP contribution < -0.4 is 14.8 Å². The number of carbonyl (C=O) groups excluding carboxylic acids is 1. The van der Waals surface area contributed by atoms with E-state index in [2.05, 4.69) is 5.32 Å². The monoisotopic (exact) mass is 301 g/mol. The number of hydrogen-bond acceptors (Lipinski definition) is 3. The zero-order chi connectivity index (χ0) is 15.5. The predicted octanol–water partition coefficient (Wildman–Crippen LogP) is 3.55. The number of fused-ring (bicyclic) bond motifs is 1. The molecule has 22 heavy (non-hydrogen) atoms. The lowest BCUT2D eigenvalue weighted by atomic mass is 10.1. The van der Waals surface area contributed by atoms with E-state index in [0.717, 1.165) is 6.42 Å². The number of hydrogen-bond donors (Lipinski definition) is 1. The molecule has 0 saturated carbocycles. The van der Waals surface area contributed by atoms with Crippen molar-refractivity contribution in [3.63, 3.8) is 0 Å². The third-order valence-corrected chi connectivity index (χ3v) is 3.44. The molecule has 1 heterocycles. The fourth-order valence-corrected chi connectivity index (χ4v) is 2.18. The lowest BCUT2D eigenvalue weighted by molar-refractivity contribution is 0.102. The molecule has 1 aliphatic heterocycles. The van der Waals surface area contributed by atoms with Gasteiger partial charge >= 0.3 is 0 Å². The first-order valence-corrected chi connectivity index (χ1v) is 7.10. The van der Waals surface area contributed by atoms with E-state index in [1.165, 1.54) is 6.07 Å².